The van der Waals surface area contributed by atoms with Crippen molar-refractivity contribution in [3.05, 3.63) is 35.0 Å². The lowest BCUT2D eigenvalue weighted by Crippen LogP contribution is -2.29. The summed E-state index contributed by atoms with van der Waals surface area (Å²) in [6, 6.07) is 5.35. The summed E-state index contributed by atoms with van der Waals surface area (Å²) in [5.74, 6) is -1.25. The quantitative estimate of drug-likeness (QED) is 0.697. The number of fused-ring (bicyclic) bond motifs is 1. The van der Waals surface area contributed by atoms with E-state index in [9.17, 15) is 22.4 Å². The van der Waals surface area contributed by atoms with E-state index < -0.39 is 24.5 Å². The fourth-order valence-corrected chi connectivity index (χ4v) is 2.29. The van der Waals surface area contributed by atoms with Gasteiger partial charge < -0.3 is 0 Å². The van der Waals surface area contributed by atoms with Crippen LogP contribution in [-0.2, 0) is 4.84 Å². The fourth-order valence-electron chi connectivity index (χ4n) is 1.36. The number of benzene rings is 1. The van der Waals surface area contributed by atoms with Gasteiger partial charge in [-0.25, -0.2) is 9.87 Å². The van der Waals surface area contributed by atoms with E-state index in [0.717, 1.165) is 11.3 Å². The number of carbonyl (C=O) groups is 1. The van der Waals surface area contributed by atoms with Gasteiger partial charge in [0.05, 0.1) is 4.88 Å². The summed E-state index contributed by atoms with van der Waals surface area (Å²) in [6.45, 7) is -1.57. The Labute approximate surface area is 108 Å². The number of hydroxylamine groups is 1. The molecule has 0 spiro atoms. The Kier molecular flexibility index (Phi) is 3.72. The molecule has 3 nitrogen and oxygen atoms in total. The van der Waals surface area contributed by atoms with Gasteiger partial charge in [0.1, 0.15) is 5.82 Å². The van der Waals surface area contributed by atoms with Gasteiger partial charge in [-0.2, -0.15) is 13.2 Å². The SMILES string of the molecule is O=C(NOCC(F)(F)F)c1cc2cc(F)ccc2s1. The third kappa shape index (κ3) is 3.65. The minimum atomic E-state index is -4.52. The van der Waals surface area contributed by atoms with Crippen LogP contribution >= 0.6 is 11.3 Å². The Hall–Kier alpha value is -1.67. The molecule has 0 aliphatic rings. The third-order valence-electron chi connectivity index (χ3n) is 2.10. The van der Waals surface area contributed by atoms with Crippen LogP contribution < -0.4 is 5.48 Å². The molecule has 8 heteroatoms. The van der Waals surface area contributed by atoms with Gasteiger partial charge in [0.2, 0.25) is 0 Å². The molecule has 2 rings (SSSR count). The predicted molar refractivity (Wildman–Crippen MR) is 61.3 cm³/mol. The maximum atomic E-state index is 12.9. The first-order chi connectivity index (χ1) is 8.85. The van der Waals surface area contributed by atoms with Crippen LogP contribution in [-0.4, -0.2) is 18.7 Å². The summed E-state index contributed by atoms with van der Waals surface area (Å²) < 4.78 is 49.0. The molecule has 0 fully saturated rings. The largest absolute Gasteiger partial charge is 0.414 e. The van der Waals surface area contributed by atoms with Crippen molar-refractivity contribution < 1.29 is 27.2 Å². The second-order valence-corrected chi connectivity index (χ2v) is 4.71. The smallest absolute Gasteiger partial charge is 0.266 e. The number of hydrogen-bond donors (Lipinski definition) is 1. The van der Waals surface area contributed by atoms with E-state index in [2.05, 4.69) is 4.84 Å². The molecule has 0 saturated heterocycles. The molecule has 1 aromatic carbocycles. The first kappa shape index (κ1) is 13.8. The molecule has 1 N–H and O–H groups in total. The number of thiophene rings is 1. The Bertz CT molecular complexity index is 608. The van der Waals surface area contributed by atoms with Gasteiger partial charge in [0.25, 0.3) is 5.91 Å². The highest BCUT2D eigenvalue weighted by molar-refractivity contribution is 7.20. The zero-order valence-electron chi connectivity index (χ0n) is 9.25. The van der Waals surface area contributed by atoms with E-state index in [4.69, 9.17) is 0 Å². The van der Waals surface area contributed by atoms with Crippen LogP contribution in [0.4, 0.5) is 17.6 Å². The number of rotatable bonds is 3. The monoisotopic (exact) mass is 293 g/mol. The molecule has 102 valence electrons. The number of nitrogens with one attached hydrogen (secondary N) is 1. The molecule has 1 amide bonds. The topological polar surface area (TPSA) is 38.3 Å². The molecule has 0 aliphatic carbocycles. The van der Waals surface area contributed by atoms with Gasteiger partial charge in [-0.3, -0.25) is 9.63 Å². The van der Waals surface area contributed by atoms with Crippen LogP contribution in [0.3, 0.4) is 0 Å². The summed E-state index contributed by atoms with van der Waals surface area (Å²) in [6.07, 6.45) is -4.52. The third-order valence-corrected chi connectivity index (χ3v) is 3.22. The highest BCUT2D eigenvalue weighted by atomic mass is 32.1. The summed E-state index contributed by atoms with van der Waals surface area (Å²) >= 11 is 1.03. The summed E-state index contributed by atoms with van der Waals surface area (Å²) in [4.78, 5) is 15.7. The molecule has 1 heterocycles. The maximum Gasteiger partial charge on any atom is 0.414 e. The standard InChI is InChI=1S/C11H7F4NO2S/c12-7-1-2-8-6(3-7)4-9(19-8)10(17)16-18-5-11(13,14)15/h1-4H,5H2,(H,16,17). The Morgan fingerprint density at radius 1 is 1.32 bits per heavy atom. The van der Waals surface area contributed by atoms with E-state index in [-0.39, 0.29) is 4.88 Å². The Balaban J connectivity index is 2.05. The Morgan fingerprint density at radius 2 is 2.05 bits per heavy atom. The average molecular weight is 293 g/mol. The van der Waals surface area contributed by atoms with Crippen LogP contribution in [0.1, 0.15) is 9.67 Å². The molecule has 0 unspecified atom stereocenters. The van der Waals surface area contributed by atoms with Crippen molar-refractivity contribution in [3.63, 3.8) is 0 Å². The number of hydrogen-bond acceptors (Lipinski definition) is 3. The molecule has 1 aromatic heterocycles. The van der Waals surface area contributed by atoms with Crippen LogP contribution in [0.25, 0.3) is 10.1 Å². The second kappa shape index (κ2) is 5.14. The fraction of sp³-hybridized carbons (Fsp3) is 0.182. The summed E-state index contributed by atoms with van der Waals surface area (Å²) in [5, 5.41) is 0.506. The van der Waals surface area contributed by atoms with Crippen LogP contribution in [0.2, 0.25) is 0 Å². The minimum absolute atomic E-state index is 0.141. The van der Waals surface area contributed by atoms with Gasteiger partial charge >= 0.3 is 6.18 Å². The van der Waals surface area contributed by atoms with Crippen molar-refractivity contribution in [1.29, 1.82) is 0 Å². The van der Waals surface area contributed by atoms with Gasteiger partial charge in [-0.05, 0) is 29.7 Å². The lowest BCUT2D eigenvalue weighted by Gasteiger charge is -2.06. The molecule has 2 aromatic rings. The summed E-state index contributed by atoms with van der Waals surface area (Å²) in [5.41, 5.74) is 1.69. The second-order valence-electron chi connectivity index (χ2n) is 3.63. The van der Waals surface area contributed by atoms with E-state index in [0.29, 0.717) is 10.1 Å². The number of halogens is 4. The molecule has 0 radical (unpaired) electrons. The van der Waals surface area contributed by atoms with Gasteiger partial charge in [0.15, 0.2) is 6.61 Å². The van der Waals surface area contributed by atoms with Crippen molar-refractivity contribution in [3.8, 4) is 0 Å². The van der Waals surface area contributed by atoms with Crippen LogP contribution in [0.5, 0.6) is 0 Å². The highest BCUT2D eigenvalue weighted by Gasteiger charge is 2.28. The zero-order chi connectivity index (χ0) is 14.0. The number of amides is 1. The van der Waals surface area contributed by atoms with Crippen LogP contribution in [0.15, 0.2) is 24.3 Å². The van der Waals surface area contributed by atoms with Crippen molar-refractivity contribution >= 4 is 27.3 Å². The molecular weight excluding hydrogens is 286 g/mol. The zero-order valence-corrected chi connectivity index (χ0v) is 10.1. The van der Waals surface area contributed by atoms with E-state index >= 15 is 0 Å². The van der Waals surface area contributed by atoms with Crippen molar-refractivity contribution in [1.82, 2.24) is 5.48 Å². The lowest BCUT2D eigenvalue weighted by molar-refractivity contribution is -0.184. The molecule has 0 bridgehead atoms. The molecular formula is C11H7F4NO2S. The van der Waals surface area contributed by atoms with Gasteiger partial charge in [0, 0.05) is 4.70 Å². The van der Waals surface area contributed by atoms with Gasteiger partial charge in [-0.15, -0.1) is 11.3 Å². The minimum Gasteiger partial charge on any atom is -0.266 e. The van der Waals surface area contributed by atoms with Crippen molar-refractivity contribution in [2.24, 2.45) is 0 Å². The Morgan fingerprint density at radius 3 is 2.74 bits per heavy atom. The molecule has 19 heavy (non-hydrogen) atoms. The predicted octanol–water partition coefficient (Wildman–Crippen LogP) is 3.26. The van der Waals surface area contributed by atoms with E-state index in [1.54, 1.807) is 5.48 Å². The van der Waals surface area contributed by atoms with E-state index in [1.807, 2.05) is 0 Å². The summed E-state index contributed by atoms with van der Waals surface area (Å²) in [7, 11) is 0. The molecule has 0 atom stereocenters. The molecule has 0 saturated carbocycles. The number of alkyl halides is 3. The highest BCUT2D eigenvalue weighted by Crippen LogP contribution is 2.26. The average Bonchev–Trinajstić information content (AvgIpc) is 2.70. The van der Waals surface area contributed by atoms with E-state index in [1.165, 1.54) is 24.3 Å². The first-order valence-corrected chi connectivity index (χ1v) is 5.85. The number of carbonyl (C=O) groups excluding carboxylic acids is 1. The van der Waals surface area contributed by atoms with Gasteiger partial charge in [-0.1, -0.05) is 0 Å². The lowest BCUT2D eigenvalue weighted by atomic mass is 10.2. The molecule has 0 aliphatic heterocycles. The normalized spacial score (nSPS) is 11.8. The van der Waals surface area contributed by atoms with Crippen molar-refractivity contribution in [2.75, 3.05) is 6.61 Å². The maximum absolute atomic E-state index is 12.9. The first-order valence-electron chi connectivity index (χ1n) is 5.03. The van der Waals surface area contributed by atoms with Crippen molar-refractivity contribution in [2.45, 2.75) is 6.18 Å². The van der Waals surface area contributed by atoms with Crippen LogP contribution in [0, 0.1) is 5.82 Å².